The number of hydrogen-bond donors (Lipinski definition) is 3. The van der Waals surface area contributed by atoms with Crippen molar-refractivity contribution < 1.29 is 4.79 Å². The van der Waals surface area contributed by atoms with Crippen LogP contribution in [0, 0.1) is 5.92 Å². The quantitative estimate of drug-likeness (QED) is 0.336. The number of piperazine rings is 1. The summed E-state index contributed by atoms with van der Waals surface area (Å²) in [6, 6.07) is 13.8. The molecule has 0 radical (unpaired) electrons. The van der Waals surface area contributed by atoms with Crippen molar-refractivity contribution >= 4 is 40.8 Å². The highest BCUT2D eigenvalue weighted by molar-refractivity contribution is 6.35. The number of nitrogens with zero attached hydrogens (tertiary/aromatic N) is 2. The van der Waals surface area contributed by atoms with Crippen LogP contribution < -0.4 is 16.0 Å². The molecule has 2 aliphatic rings. The first-order valence-corrected chi connectivity index (χ1v) is 13.8. The Bertz CT molecular complexity index is 1060. The maximum Gasteiger partial charge on any atom is 0.251 e. The van der Waals surface area contributed by atoms with Gasteiger partial charge in [0.25, 0.3) is 5.91 Å². The highest BCUT2D eigenvalue weighted by Gasteiger charge is 2.25. The Labute approximate surface area is 224 Å². The molecule has 0 aromatic heterocycles. The van der Waals surface area contributed by atoms with E-state index < -0.39 is 0 Å². The van der Waals surface area contributed by atoms with Gasteiger partial charge in [-0.25, -0.2) is 4.99 Å². The molecule has 6 nitrogen and oxygen atoms in total. The molecule has 36 heavy (non-hydrogen) atoms. The minimum Gasteiger partial charge on any atom is -0.352 e. The van der Waals surface area contributed by atoms with Crippen LogP contribution in [0.5, 0.6) is 0 Å². The Hall–Kier alpha value is -2.28. The van der Waals surface area contributed by atoms with Gasteiger partial charge in [-0.1, -0.05) is 49.0 Å². The normalized spacial score (nSPS) is 22.8. The standard InChI is InChI=1S/C28H37Cl2N5O/c1-19-5-3-4-6-26(19)34-28(35-16-15-31-20(2)18-35)33-24-11-8-22(9-12-24)27(36)32-14-13-21-7-10-23(29)17-25(21)30/h7-12,17,19-20,26,31H,3-6,13-16,18H2,1-2H3,(H,32,36)(H,33,34)/t19-,20+,26-/m1/s1. The molecule has 3 N–H and O–H groups in total. The number of carbonyl (C=O) groups excluding carboxylic acids is 1. The fourth-order valence-electron chi connectivity index (χ4n) is 4.93. The van der Waals surface area contributed by atoms with E-state index >= 15 is 0 Å². The van der Waals surface area contributed by atoms with Gasteiger partial charge in [-0.2, -0.15) is 0 Å². The van der Waals surface area contributed by atoms with Gasteiger partial charge >= 0.3 is 0 Å². The SMILES string of the molecule is C[C@@H]1CCCC[C@H]1N=C(Nc1ccc(C(=O)NCCc2ccc(Cl)cc2Cl)cc1)N1CCN[C@@H](C)C1. The molecule has 0 unspecified atom stereocenters. The molecule has 1 saturated heterocycles. The van der Waals surface area contributed by atoms with E-state index in [9.17, 15) is 4.79 Å². The van der Waals surface area contributed by atoms with Crippen molar-refractivity contribution in [1.82, 2.24) is 15.5 Å². The third kappa shape index (κ3) is 7.37. The Kier molecular flexibility index (Phi) is 9.52. The number of amides is 1. The zero-order chi connectivity index (χ0) is 25.5. The first-order chi connectivity index (χ1) is 17.4. The monoisotopic (exact) mass is 529 g/mol. The summed E-state index contributed by atoms with van der Waals surface area (Å²) in [4.78, 5) is 20.2. The van der Waals surface area contributed by atoms with Crippen molar-refractivity contribution in [2.24, 2.45) is 10.9 Å². The molecule has 1 saturated carbocycles. The van der Waals surface area contributed by atoms with Crippen LogP contribution in [0.15, 0.2) is 47.5 Å². The van der Waals surface area contributed by atoms with E-state index in [0.717, 1.165) is 43.3 Å². The molecule has 2 aromatic rings. The Balaban J connectivity index is 1.38. The summed E-state index contributed by atoms with van der Waals surface area (Å²) < 4.78 is 0. The third-order valence-corrected chi connectivity index (χ3v) is 7.71. The number of guanidine groups is 1. The van der Waals surface area contributed by atoms with Gasteiger partial charge in [0.1, 0.15) is 0 Å². The van der Waals surface area contributed by atoms with Crippen LogP contribution in [0.2, 0.25) is 10.0 Å². The van der Waals surface area contributed by atoms with Gasteiger partial charge in [0.05, 0.1) is 6.04 Å². The first-order valence-electron chi connectivity index (χ1n) is 13.0. The molecular weight excluding hydrogens is 493 g/mol. The van der Waals surface area contributed by atoms with E-state index in [0.29, 0.717) is 46.6 Å². The van der Waals surface area contributed by atoms with Crippen molar-refractivity contribution in [3.8, 4) is 0 Å². The van der Waals surface area contributed by atoms with Crippen molar-refractivity contribution in [3.63, 3.8) is 0 Å². The number of anilines is 1. The van der Waals surface area contributed by atoms with Crippen LogP contribution in [-0.4, -0.2) is 55.0 Å². The van der Waals surface area contributed by atoms with Gasteiger partial charge in [0.15, 0.2) is 5.96 Å². The van der Waals surface area contributed by atoms with Crippen LogP contribution in [0.3, 0.4) is 0 Å². The molecule has 3 atom stereocenters. The molecule has 8 heteroatoms. The van der Waals surface area contributed by atoms with Crippen molar-refractivity contribution in [2.75, 3.05) is 31.5 Å². The minimum atomic E-state index is -0.104. The molecular formula is C28H37Cl2N5O. The second-order valence-electron chi connectivity index (χ2n) is 10.0. The number of benzene rings is 2. The van der Waals surface area contributed by atoms with Gasteiger partial charge in [-0.05, 0) is 74.1 Å². The lowest BCUT2D eigenvalue weighted by Gasteiger charge is -2.36. The summed E-state index contributed by atoms with van der Waals surface area (Å²) in [5.41, 5.74) is 2.52. The maximum atomic E-state index is 12.7. The topological polar surface area (TPSA) is 68.8 Å². The van der Waals surface area contributed by atoms with Crippen LogP contribution >= 0.6 is 23.2 Å². The van der Waals surface area contributed by atoms with E-state index in [1.54, 1.807) is 6.07 Å². The molecule has 1 aliphatic carbocycles. The summed E-state index contributed by atoms with van der Waals surface area (Å²) in [6.07, 6.45) is 5.58. The van der Waals surface area contributed by atoms with Crippen LogP contribution in [0.25, 0.3) is 0 Å². The van der Waals surface area contributed by atoms with Crippen molar-refractivity contribution in [1.29, 1.82) is 0 Å². The summed E-state index contributed by atoms with van der Waals surface area (Å²) in [5.74, 6) is 1.44. The van der Waals surface area contributed by atoms with Gasteiger partial charge in [0.2, 0.25) is 0 Å². The molecule has 1 amide bonds. The third-order valence-electron chi connectivity index (χ3n) is 7.12. The smallest absolute Gasteiger partial charge is 0.251 e. The average Bonchev–Trinajstić information content (AvgIpc) is 2.86. The lowest BCUT2D eigenvalue weighted by molar-refractivity contribution is 0.0954. The zero-order valence-electron chi connectivity index (χ0n) is 21.2. The highest BCUT2D eigenvalue weighted by atomic mass is 35.5. The number of hydrogen-bond acceptors (Lipinski definition) is 3. The van der Waals surface area contributed by atoms with Crippen molar-refractivity contribution in [2.45, 2.75) is 58.0 Å². The van der Waals surface area contributed by atoms with Crippen LogP contribution in [0.1, 0.15) is 55.5 Å². The van der Waals surface area contributed by atoms with Gasteiger partial charge in [-0.15, -0.1) is 0 Å². The largest absolute Gasteiger partial charge is 0.352 e. The van der Waals surface area contributed by atoms with Crippen molar-refractivity contribution in [3.05, 3.63) is 63.6 Å². The predicted octanol–water partition coefficient (Wildman–Crippen LogP) is 5.61. The van der Waals surface area contributed by atoms with E-state index in [1.165, 1.54) is 19.3 Å². The maximum absolute atomic E-state index is 12.7. The summed E-state index contributed by atoms with van der Waals surface area (Å²) in [6.45, 7) is 7.82. The second kappa shape index (κ2) is 12.8. The van der Waals surface area contributed by atoms with E-state index in [4.69, 9.17) is 28.2 Å². The average molecular weight is 531 g/mol. The van der Waals surface area contributed by atoms with E-state index in [2.05, 4.69) is 34.7 Å². The highest BCUT2D eigenvalue weighted by Crippen LogP contribution is 2.27. The Morgan fingerprint density at radius 1 is 1.11 bits per heavy atom. The number of nitrogens with one attached hydrogen (secondary N) is 3. The van der Waals surface area contributed by atoms with Crippen LogP contribution in [-0.2, 0) is 6.42 Å². The number of carbonyl (C=O) groups is 1. The molecule has 0 bridgehead atoms. The molecule has 194 valence electrons. The number of halogens is 2. The lowest BCUT2D eigenvalue weighted by Crippen LogP contribution is -2.53. The molecule has 2 fully saturated rings. The molecule has 1 heterocycles. The summed E-state index contributed by atoms with van der Waals surface area (Å²) in [5, 5.41) is 11.3. The van der Waals surface area contributed by atoms with Gasteiger partial charge in [-0.3, -0.25) is 4.79 Å². The Morgan fingerprint density at radius 2 is 1.89 bits per heavy atom. The summed E-state index contributed by atoms with van der Waals surface area (Å²) in [7, 11) is 0. The molecule has 1 aliphatic heterocycles. The van der Waals surface area contributed by atoms with Gasteiger partial charge in [0, 0.05) is 53.5 Å². The fourth-order valence-corrected chi connectivity index (χ4v) is 5.44. The molecule has 0 spiro atoms. The Morgan fingerprint density at radius 3 is 2.61 bits per heavy atom. The second-order valence-corrected chi connectivity index (χ2v) is 10.9. The minimum absolute atomic E-state index is 0.104. The van der Waals surface area contributed by atoms with E-state index in [1.807, 2.05) is 36.4 Å². The summed E-state index contributed by atoms with van der Waals surface area (Å²) >= 11 is 12.2. The number of rotatable bonds is 6. The zero-order valence-corrected chi connectivity index (χ0v) is 22.7. The number of aliphatic imine (C=N–C) groups is 1. The molecule has 4 rings (SSSR count). The predicted molar refractivity (Wildman–Crippen MR) is 150 cm³/mol. The molecule has 2 aromatic carbocycles. The van der Waals surface area contributed by atoms with Crippen LogP contribution in [0.4, 0.5) is 5.69 Å². The van der Waals surface area contributed by atoms with Gasteiger partial charge < -0.3 is 20.9 Å². The fraction of sp³-hybridized carbons (Fsp3) is 0.500. The van der Waals surface area contributed by atoms with E-state index in [-0.39, 0.29) is 5.91 Å². The first kappa shape index (κ1) is 26.8. The lowest BCUT2D eigenvalue weighted by atomic mass is 9.86.